The molecule has 0 unspecified atom stereocenters. The van der Waals surface area contributed by atoms with E-state index in [2.05, 4.69) is 20.9 Å². The highest BCUT2D eigenvalue weighted by molar-refractivity contribution is 9.10. The van der Waals surface area contributed by atoms with E-state index in [9.17, 15) is 0 Å². The lowest BCUT2D eigenvalue weighted by molar-refractivity contribution is 0.618. The number of halogens is 1. The standard InChI is InChI=1S/C13H8BrNO/c14-11-5-3-9(4-6-11)12-8-10-2-1-7-15-13(10)16-12/h1-8H. The number of benzene rings is 1. The third kappa shape index (κ3) is 1.63. The van der Waals surface area contributed by atoms with Gasteiger partial charge >= 0.3 is 0 Å². The fourth-order valence-corrected chi connectivity index (χ4v) is 1.89. The Morgan fingerprint density at radius 3 is 2.62 bits per heavy atom. The molecule has 3 rings (SSSR count). The average molecular weight is 274 g/mol. The van der Waals surface area contributed by atoms with E-state index in [4.69, 9.17) is 4.42 Å². The largest absolute Gasteiger partial charge is 0.438 e. The normalized spacial score (nSPS) is 10.8. The summed E-state index contributed by atoms with van der Waals surface area (Å²) in [7, 11) is 0. The second kappa shape index (κ2) is 3.76. The van der Waals surface area contributed by atoms with Gasteiger partial charge in [-0.15, -0.1) is 0 Å². The van der Waals surface area contributed by atoms with E-state index in [1.807, 2.05) is 42.5 Å². The smallest absolute Gasteiger partial charge is 0.226 e. The summed E-state index contributed by atoms with van der Waals surface area (Å²) < 4.78 is 6.73. The van der Waals surface area contributed by atoms with Crippen LogP contribution in [0.1, 0.15) is 0 Å². The highest BCUT2D eigenvalue weighted by atomic mass is 79.9. The van der Waals surface area contributed by atoms with Crippen molar-refractivity contribution < 1.29 is 4.42 Å². The molecule has 1 aromatic carbocycles. The molecule has 0 atom stereocenters. The van der Waals surface area contributed by atoms with Crippen LogP contribution in [-0.2, 0) is 0 Å². The first-order chi connectivity index (χ1) is 7.83. The molecule has 0 aliphatic heterocycles. The SMILES string of the molecule is Brc1ccc(-c2cc3cccnc3o2)cc1. The Labute approximate surface area is 101 Å². The molecular formula is C13H8BrNO. The Kier molecular flexibility index (Phi) is 2.26. The second-order valence-corrected chi connectivity index (χ2v) is 4.43. The van der Waals surface area contributed by atoms with Gasteiger partial charge in [0.1, 0.15) is 5.76 Å². The van der Waals surface area contributed by atoms with Crippen LogP contribution in [0.4, 0.5) is 0 Å². The zero-order chi connectivity index (χ0) is 11.0. The van der Waals surface area contributed by atoms with Crippen molar-refractivity contribution in [2.45, 2.75) is 0 Å². The predicted molar refractivity (Wildman–Crippen MR) is 67.1 cm³/mol. The lowest BCUT2D eigenvalue weighted by atomic mass is 10.2. The Morgan fingerprint density at radius 1 is 1.06 bits per heavy atom. The fraction of sp³-hybridized carbons (Fsp3) is 0. The van der Waals surface area contributed by atoms with Crippen LogP contribution in [-0.4, -0.2) is 4.98 Å². The highest BCUT2D eigenvalue weighted by Gasteiger charge is 2.05. The minimum atomic E-state index is 0.681. The number of hydrogen-bond acceptors (Lipinski definition) is 2. The van der Waals surface area contributed by atoms with Crippen LogP contribution in [0, 0.1) is 0 Å². The molecule has 0 radical (unpaired) electrons. The summed E-state index contributed by atoms with van der Waals surface area (Å²) in [4.78, 5) is 4.17. The van der Waals surface area contributed by atoms with Gasteiger partial charge in [0, 0.05) is 21.6 Å². The molecule has 0 bridgehead atoms. The molecule has 0 fully saturated rings. The van der Waals surface area contributed by atoms with Crippen molar-refractivity contribution in [3.05, 3.63) is 53.1 Å². The number of hydrogen-bond donors (Lipinski definition) is 0. The molecule has 0 spiro atoms. The first kappa shape index (κ1) is 9.60. The van der Waals surface area contributed by atoms with Crippen LogP contribution in [0.15, 0.2) is 57.6 Å². The minimum Gasteiger partial charge on any atom is -0.438 e. The van der Waals surface area contributed by atoms with E-state index in [0.717, 1.165) is 21.2 Å². The van der Waals surface area contributed by atoms with Crippen molar-refractivity contribution in [2.75, 3.05) is 0 Å². The minimum absolute atomic E-state index is 0.681. The van der Waals surface area contributed by atoms with E-state index < -0.39 is 0 Å². The molecule has 0 saturated carbocycles. The summed E-state index contributed by atoms with van der Waals surface area (Å²) in [6.45, 7) is 0. The fourth-order valence-electron chi connectivity index (χ4n) is 1.63. The lowest BCUT2D eigenvalue weighted by Gasteiger charge is -1.95. The second-order valence-electron chi connectivity index (χ2n) is 3.52. The number of nitrogens with zero attached hydrogens (tertiary/aromatic N) is 1. The molecule has 2 heterocycles. The van der Waals surface area contributed by atoms with Crippen molar-refractivity contribution in [3.63, 3.8) is 0 Å². The van der Waals surface area contributed by atoms with Gasteiger partial charge in [0.2, 0.25) is 5.71 Å². The van der Waals surface area contributed by atoms with Gasteiger partial charge in [-0.25, -0.2) is 4.98 Å². The van der Waals surface area contributed by atoms with Crippen LogP contribution in [0.3, 0.4) is 0 Å². The average Bonchev–Trinajstić information content (AvgIpc) is 2.73. The lowest BCUT2D eigenvalue weighted by Crippen LogP contribution is -1.71. The molecule has 2 nitrogen and oxygen atoms in total. The van der Waals surface area contributed by atoms with Gasteiger partial charge in [0.05, 0.1) is 0 Å². The van der Waals surface area contributed by atoms with E-state index in [1.165, 1.54) is 0 Å². The molecule has 3 heteroatoms. The van der Waals surface area contributed by atoms with Gasteiger partial charge in [-0.05, 0) is 30.3 Å². The van der Waals surface area contributed by atoms with E-state index in [0.29, 0.717) is 5.71 Å². The first-order valence-electron chi connectivity index (χ1n) is 4.93. The molecule has 16 heavy (non-hydrogen) atoms. The van der Waals surface area contributed by atoms with Crippen molar-refractivity contribution in [1.29, 1.82) is 0 Å². The van der Waals surface area contributed by atoms with Crippen LogP contribution in [0.5, 0.6) is 0 Å². The van der Waals surface area contributed by atoms with Crippen molar-refractivity contribution >= 4 is 27.0 Å². The third-order valence-electron chi connectivity index (χ3n) is 2.42. The molecule has 78 valence electrons. The summed E-state index contributed by atoms with van der Waals surface area (Å²) in [5.41, 5.74) is 1.74. The first-order valence-corrected chi connectivity index (χ1v) is 5.73. The predicted octanol–water partition coefficient (Wildman–Crippen LogP) is 4.26. The molecule has 0 aliphatic carbocycles. The Hall–Kier alpha value is -1.61. The maximum atomic E-state index is 5.67. The van der Waals surface area contributed by atoms with E-state index in [-0.39, 0.29) is 0 Å². The topological polar surface area (TPSA) is 26.0 Å². The quantitative estimate of drug-likeness (QED) is 0.662. The summed E-state index contributed by atoms with van der Waals surface area (Å²) >= 11 is 3.41. The van der Waals surface area contributed by atoms with Gasteiger partial charge in [-0.3, -0.25) is 0 Å². The van der Waals surface area contributed by atoms with Crippen molar-refractivity contribution in [1.82, 2.24) is 4.98 Å². The van der Waals surface area contributed by atoms with E-state index in [1.54, 1.807) is 6.20 Å². The maximum Gasteiger partial charge on any atom is 0.226 e. The van der Waals surface area contributed by atoms with Gasteiger partial charge in [-0.2, -0.15) is 0 Å². The van der Waals surface area contributed by atoms with E-state index >= 15 is 0 Å². The zero-order valence-electron chi connectivity index (χ0n) is 8.35. The van der Waals surface area contributed by atoms with Gasteiger partial charge < -0.3 is 4.42 Å². The summed E-state index contributed by atoms with van der Waals surface area (Å²) in [6.07, 6.45) is 1.73. The molecular weight excluding hydrogens is 266 g/mol. The zero-order valence-corrected chi connectivity index (χ0v) is 9.94. The molecule has 0 saturated heterocycles. The number of fused-ring (bicyclic) bond motifs is 1. The number of rotatable bonds is 1. The number of aromatic nitrogens is 1. The number of furan rings is 1. The van der Waals surface area contributed by atoms with Gasteiger partial charge in [-0.1, -0.05) is 28.1 Å². The summed E-state index contributed by atoms with van der Waals surface area (Å²) in [5, 5.41) is 1.03. The van der Waals surface area contributed by atoms with Gasteiger partial charge in [0.15, 0.2) is 0 Å². The van der Waals surface area contributed by atoms with Crippen LogP contribution in [0.2, 0.25) is 0 Å². The van der Waals surface area contributed by atoms with Crippen LogP contribution in [0.25, 0.3) is 22.4 Å². The Morgan fingerprint density at radius 2 is 1.88 bits per heavy atom. The molecule has 2 aromatic heterocycles. The molecule has 3 aromatic rings. The maximum absolute atomic E-state index is 5.67. The summed E-state index contributed by atoms with van der Waals surface area (Å²) in [5.74, 6) is 0.848. The third-order valence-corrected chi connectivity index (χ3v) is 2.95. The number of pyridine rings is 1. The van der Waals surface area contributed by atoms with Crippen LogP contribution < -0.4 is 0 Å². The van der Waals surface area contributed by atoms with Crippen molar-refractivity contribution in [3.8, 4) is 11.3 Å². The highest BCUT2D eigenvalue weighted by Crippen LogP contribution is 2.27. The van der Waals surface area contributed by atoms with Gasteiger partial charge in [0.25, 0.3) is 0 Å². The van der Waals surface area contributed by atoms with Crippen molar-refractivity contribution in [2.24, 2.45) is 0 Å². The molecule has 0 amide bonds. The monoisotopic (exact) mass is 273 g/mol. The Bertz CT molecular complexity index is 595. The Balaban J connectivity index is 2.15. The summed E-state index contributed by atoms with van der Waals surface area (Å²) in [6, 6.07) is 13.9. The molecule has 0 N–H and O–H groups in total. The molecule has 0 aliphatic rings. The van der Waals surface area contributed by atoms with Crippen LogP contribution >= 0.6 is 15.9 Å².